The topological polar surface area (TPSA) is 82.3 Å². The molecule has 0 radical (unpaired) electrons. The van der Waals surface area contributed by atoms with E-state index in [1.54, 1.807) is 0 Å². The van der Waals surface area contributed by atoms with Crippen molar-refractivity contribution in [2.24, 2.45) is 0 Å². The van der Waals surface area contributed by atoms with Gasteiger partial charge < -0.3 is 4.57 Å². The highest BCUT2D eigenvalue weighted by Crippen LogP contribution is 2.50. The highest BCUT2D eigenvalue weighted by atomic mass is 32.1. The molecule has 14 aromatic rings. The summed E-state index contributed by atoms with van der Waals surface area (Å²) in [5, 5.41) is 4.84. The number of rotatable bonds is 9. The second kappa shape index (κ2) is 18.1. The molecule has 0 bridgehead atoms. The first-order valence-electron chi connectivity index (χ1n) is 24.6. The monoisotopic (exact) mass is 963 g/mol. The summed E-state index contributed by atoms with van der Waals surface area (Å²) in [5.74, 6) is 3.79. The van der Waals surface area contributed by atoms with E-state index in [4.69, 9.17) is 29.9 Å². The smallest absolute Gasteiger partial charge is 0.164 e. The maximum absolute atomic E-state index is 5.05. The Morgan fingerprint density at radius 3 is 1.09 bits per heavy atom. The van der Waals surface area contributed by atoms with Gasteiger partial charge in [0.1, 0.15) is 0 Å². The molecule has 0 saturated heterocycles. The van der Waals surface area contributed by atoms with Crippen LogP contribution in [0.15, 0.2) is 249 Å². The average Bonchev–Trinajstić information content (AvgIpc) is 4.06. The van der Waals surface area contributed by atoms with E-state index in [0.29, 0.717) is 34.9 Å². The molecule has 0 fully saturated rings. The van der Waals surface area contributed by atoms with Gasteiger partial charge in [-0.2, -0.15) is 0 Å². The molecule has 346 valence electrons. The van der Waals surface area contributed by atoms with Crippen LogP contribution in [-0.2, 0) is 0 Å². The molecular formula is C66H41N7S. The van der Waals surface area contributed by atoms with Crippen molar-refractivity contribution in [3.63, 3.8) is 0 Å². The van der Waals surface area contributed by atoms with Gasteiger partial charge in [0, 0.05) is 75.6 Å². The number of hydrogen-bond donors (Lipinski definition) is 0. The van der Waals surface area contributed by atoms with Crippen molar-refractivity contribution in [1.29, 1.82) is 0 Å². The molecule has 0 unspecified atom stereocenters. The maximum atomic E-state index is 5.05. The number of aromatic nitrogens is 7. The van der Waals surface area contributed by atoms with E-state index in [0.717, 1.165) is 61.3 Å². The summed E-state index contributed by atoms with van der Waals surface area (Å²) < 4.78 is 4.88. The van der Waals surface area contributed by atoms with Crippen LogP contribution in [0.1, 0.15) is 0 Å². The molecule has 4 aromatic heterocycles. The van der Waals surface area contributed by atoms with Crippen LogP contribution in [-0.4, -0.2) is 34.5 Å². The first-order chi connectivity index (χ1) is 36.7. The Bertz CT molecular complexity index is 4260. The number of nitrogens with zero attached hydrogens (tertiary/aromatic N) is 7. The standard InChI is InChI=1S/C66H41N7S/c1-6-19-44(20-7-1)61-67-62(45-21-8-2-9-22-45)70-65(69-61)48-37-33-42(34-38-48)51-30-18-31-53-57-58-55(52-29-16-17-32-56(52)73(58)50-27-14-5-15-28-50)41-54(60(57)74-59(51)53)43-35-39-49(40-36-43)66-71-63(46-23-10-3-11-24-46)68-64(72-66)47-25-12-4-13-26-47/h1-41H. The Labute approximate surface area is 430 Å². The molecule has 74 heavy (non-hydrogen) atoms. The summed E-state index contributed by atoms with van der Waals surface area (Å²) in [7, 11) is 0. The summed E-state index contributed by atoms with van der Waals surface area (Å²) in [6, 6.07) is 86.5. The zero-order chi connectivity index (χ0) is 49.0. The normalized spacial score (nSPS) is 11.5. The molecule has 0 N–H and O–H groups in total. The van der Waals surface area contributed by atoms with E-state index in [1.807, 2.05) is 133 Å². The summed E-state index contributed by atoms with van der Waals surface area (Å²) in [6.45, 7) is 0. The van der Waals surface area contributed by atoms with Crippen LogP contribution in [0.25, 0.3) is 138 Å². The predicted octanol–water partition coefficient (Wildman–Crippen LogP) is 16.9. The van der Waals surface area contributed by atoms with E-state index < -0.39 is 0 Å². The molecule has 0 aliphatic rings. The van der Waals surface area contributed by atoms with Gasteiger partial charge in [0.25, 0.3) is 0 Å². The van der Waals surface area contributed by atoms with Crippen LogP contribution in [0.4, 0.5) is 0 Å². The van der Waals surface area contributed by atoms with Gasteiger partial charge in [-0.3, -0.25) is 0 Å². The molecule has 0 aliphatic heterocycles. The summed E-state index contributed by atoms with van der Waals surface area (Å²) >= 11 is 1.85. The minimum Gasteiger partial charge on any atom is -0.309 e. The summed E-state index contributed by atoms with van der Waals surface area (Å²) in [4.78, 5) is 30.0. The van der Waals surface area contributed by atoms with Crippen molar-refractivity contribution in [2.75, 3.05) is 0 Å². The van der Waals surface area contributed by atoms with Gasteiger partial charge in [-0.15, -0.1) is 11.3 Å². The lowest BCUT2D eigenvalue weighted by Crippen LogP contribution is -2.00. The van der Waals surface area contributed by atoms with Gasteiger partial charge in [-0.25, -0.2) is 29.9 Å². The zero-order valence-electron chi connectivity index (χ0n) is 39.7. The van der Waals surface area contributed by atoms with Crippen molar-refractivity contribution in [3.8, 4) is 96.3 Å². The molecule has 0 amide bonds. The number of para-hydroxylation sites is 2. The Kier molecular flexibility index (Phi) is 10.6. The maximum Gasteiger partial charge on any atom is 0.164 e. The third kappa shape index (κ3) is 7.60. The molecule has 0 saturated carbocycles. The molecule has 0 atom stereocenters. The fourth-order valence-electron chi connectivity index (χ4n) is 10.2. The van der Waals surface area contributed by atoms with Crippen LogP contribution < -0.4 is 0 Å². The van der Waals surface area contributed by atoms with Gasteiger partial charge in [0.15, 0.2) is 34.9 Å². The highest BCUT2D eigenvalue weighted by molar-refractivity contribution is 7.27. The van der Waals surface area contributed by atoms with Crippen LogP contribution in [0.3, 0.4) is 0 Å². The summed E-state index contributed by atoms with van der Waals surface area (Å²) in [6.07, 6.45) is 0. The molecular weight excluding hydrogens is 923 g/mol. The second-order valence-corrected chi connectivity index (χ2v) is 19.2. The van der Waals surface area contributed by atoms with E-state index >= 15 is 0 Å². The Balaban J connectivity index is 0.938. The molecule has 8 heteroatoms. The molecule has 0 spiro atoms. The average molecular weight is 964 g/mol. The number of hydrogen-bond acceptors (Lipinski definition) is 7. The van der Waals surface area contributed by atoms with Crippen LogP contribution >= 0.6 is 11.3 Å². The third-order valence-electron chi connectivity index (χ3n) is 13.7. The van der Waals surface area contributed by atoms with Gasteiger partial charge in [-0.05, 0) is 41.0 Å². The van der Waals surface area contributed by atoms with Crippen LogP contribution in [0.5, 0.6) is 0 Å². The van der Waals surface area contributed by atoms with Crippen molar-refractivity contribution >= 4 is 53.3 Å². The van der Waals surface area contributed by atoms with E-state index in [9.17, 15) is 0 Å². The SMILES string of the molecule is c1ccc(-c2nc(-c3ccccc3)nc(-c3ccc(-c4cccc5c4sc4c(-c6ccc(-c7nc(-c8ccccc8)nc(-c8ccccc8)n7)cc6)cc6c7ccccc7n(-c7ccccc7)c6c45)cc3)n2)cc1. The van der Waals surface area contributed by atoms with Crippen LogP contribution in [0.2, 0.25) is 0 Å². The van der Waals surface area contributed by atoms with Crippen molar-refractivity contribution in [3.05, 3.63) is 249 Å². The zero-order valence-corrected chi connectivity index (χ0v) is 40.5. The number of benzene rings is 10. The Morgan fingerprint density at radius 2 is 0.635 bits per heavy atom. The fourth-order valence-corrected chi connectivity index (χ4v) is 11.5. The number of thiophene rings is 1. The second-order valence-electron chi connectivity index (χ2n) is 18.2. The highest BCUT2D eigenvalue weighted by Gasteiger charge is 2.23. The van der Waals surface area contributed by atoms with E-state index in [-0.39, 0.29) is 0 Å². The van der Waals surface area contributed by atoms with Crippen molar-refractivity contribution in [1.82, 2.24) is 34.5 Å². The minimum atomic E-state index is 0.622. The predicted molar refractivity (Wildman–Crippen MR) is 304 cm³/mol. The minimum absolute atomic E-state index is 0.622. The lowest BCUT2D eigenvalue weighted by Gasteiger charge is -2.12. The Hall–Kier alpha value is -9.76. The lowest BCUT2D eigenvalue weighted by molar-refractivity contribution is 1.07. The molecule has 10 aromatic carbocycles. The van der Waals surface area contributed by atoms with Crippen molar-refractivity contribution in [2.45, 2.75) is 0 Å². The Morgan fingerprint density at radius 1 is 0.270 bits per heavy atom. The molecule has 0 aliphatic carbocycles. The van der Waals surface area contributed by atoms with Crippen LogP contribution in [0, 0.1) is 0 Å². The quantitative estimate of drug-likeness (QED) is 0.143. The molecule has 4 heterocycles. The molecule has 7 nitrogen and oxygen atoms in total. The number of fused-ring (bicyclic) bond motifs is 7. The van der Waals surface area contributed by atoms with E-state index in [2.05, 4.69) is 132 Å². The lowest BCUT2D eigenvalue weighted by atomic mass is 9.96. The first-order valence-corrected chi connectivity index (χ1v) is 25.4. The van der Waals surface area contributed by atoms with Gasteiger partial charge in [0.2, 0.25) is 0 Å². The summed E-state index contributed by atoms with van der Waals surface area (Å²) in [5.41, 5.74) is 13.6. The largest absolute Gasteiger partial charge is 0.309 e. The third-order valence-corrected chi connectivity index (χ3v) is 15.0. The van der Waals surface area contributed by atoms with Gasteiger partial charge in [0.05, 0.1) is 11.0 Å². The van der Waals surface area contributed by atoms with Gasteiger partial charge >= 0.3 is 0 Å². The molecule has 14 rings (SSSR count). The van der Waals surface area contributed by atoms with Crippen molar-refractivity contribution < 1.29 is 0 Å². The fraction of sp³-hybridized carbons (Fsp3) is 0. The van der Waals surface area contributed by atoms with E-state index in [1.165, 1.54) is 42.0 Å². The first kappa shape index (κ1) is 43.1. The van der Waals surface area contributed by atoms with Gasteiger partial charge in [-0.1, -0.05) is 224 Å².